The summed E-state index contributed by atoms with van der Waals surface area (Å²) in [6.07, 6.45) is 1.78. The van der Waals surface area contributed by atoms with E-state index in [4.69, 9.17) is 9.47 Å². The van der Waals surface area contributed by atoms with Gasteiger partial charge in [-0.15, -0.1) is 0 Å². The Hall–Kier alpha value is -1.69. The molecule has 0 radical (unpaired) electrons. The molecule has 1 saturated carbocycles. The zero-order valence-electron chi connectivity index (χ0n) is 9.83. The lowest BCUT2D eigenvalue weighted by Gasteiger charge is -2.18. The number of aryl methyl sites for hydroxylation is 1. The molecule has 0 saturated heterocycles. The summed E-state index contributed by atoms with van der Waals surface area (Å²) in [6, 6.07) is 6.25. The van der Waals surface area contributed by atoms with Crippen LogP contribution in [-0.2, 0) is 5.41 Å². The number of ether oxygens (including phenoxy) is 2. The Labute approximate surface area is 95.6 Å². The molecule has 0 N–H and O–H groups in total. The van der Waals surface area contributed by atoms with E-state index in [-0.39, 0.29) is 5.41 Å². The van der Waals surface area contributed by atoms with Crippen molar-refractivity contribution < 1.29 is 9.47 Å². The van der Waals surface area contributed by atoms with Crippen molar-refractivity contribution in [2.75, 3.05) is 14.2 Å². The Morgan fingerprint density at radius 2 is 1.94 bits per heavy atom. The van der Waals surface area contributed by atoms with Crippen LogP contribution in [0.3, 0.4) is 0 Å². The van der Waals surface area contributed by atoms with Gasteiger partial charge in [-0.05, 0) is 31.4 Å². The van der Waals surface area contributed by atoms with Crippen LogP contribution in [0.1, 0.15) is 24.0 Å². The maximum atomic E-state index is 9.28. The average Bonchev–Trinajstić information content (AvgIpc) is 3.09. The maximum absolute atomic E-state index is 9.28. The molecule has 0 aliphatic heterocycles. The van der Waals surface area contributed by atoms with Gasteiger partial charge in [0.2, 0.25) is 0 Å². The van der Waals surface area contributed by atoms with E-state index in [9.17, 15) is 5.26 Å². The van der Waals surface area contributed by atoms with E-state index >= 15 is 0 Å². The number of rotatable bonds is 3. The van der Waals surface area contributed by atoms with Crippen molar-refractivity contribution in [1.29, 1.82) is 5.26 Å². The van der Waals surface area contributed by atoms with Gasteiger partial charge in [0, 0.05) is 0 Å². The van der Waals surface area contributed by atoms with Crippen LogP contribution in [0.5, 0.6) is 11.5 Å². The zero-order chi connectivity index (χ0) is 11.8. The third kappa shape index (κ3) is 1.42. The summed E-state index contributed by atoms with van der Waals surface area (Å²) in [7, 11) is 3.26. The fourth-order valence-electron chi connectivity index (χ4n) is 2.10. The molecule has 1 aromatic carbocycles. The van der Waals surface area contributed by atoms with Crippen molar-refractivity contribution in [2.45, 2.75) is 25.2 Å². The van der Waals surface area contributed by atoms with Crippen molar-refractivity contribution in [2.24, 2.45) is 0 Å². The van der Waals surface area contributed by atoms with Crippen LogP contribution in [0.25, 0.3) is 0 Å². The lowest BCUT2D eigenvalue weighted by Crippen LogP contribution is -2.09. The molecule has 1 aliphatic carbocycles. The minimum Gasteiger partial charge on any atom is -0.496 e. The second-order valence-electron chi connectivity index (χ2n) is 4.19. The van der Waals surface area contributed by atoms with Gasteiger partial charge in [-0.25, -0.2) is 0 Å². The Kier molecular flexibility index (Phi) is 2.51. The van der Waals surface area contributed by atoms with Gasteiger partial charge in [-0.3, -0.25) is 0 Å². The largest absolute Gasteiger partial charge is 0.496 e. The Morgan fingerprint density at radius 3 is 2.38 bits per heavy atom. The molecule has 16 heavy (non-hydrogen) atoms. The van der Waals surface area contributed by atoms with Crippen molar-refractivity contribution in [1.82, 2.24) is 0 Å². The first-order valence-corrected chi connectivity index (χ1v) is 5.32. The van der Waals surface area contributed by atoms with Crippen LogP contribution in [0.15, 0.2) is 12.1 Å². The molecule has 0 bridgehead atoms. The molecule has 0 heterocycles. The smallest absolute Gasteiger partial charge is 0.130 e. The maximum Gasteiger partial charge on any atom is 0.130 e. The summed E-state index contributed by atoms with van der Waals surface area (Å²) in [5, 5.41) is 9.28. The zero-order valence-corrected chi connectivity index (χ0v) is 9.83. The number of hydrogen-bond acceptors (Lipinski definition) is 3. The fourth-order valence-corrected chi connectivity index (χ4v) is 2.10. The summed E-state index contributed by atoms with van der Waals surface area (Å²) < 4.78 is 10.8. The van der Waals surface area contributed by atoms with E-state index in [0.29, 0.717) is 0 Å². The predicted octanol–water partition coefficient (Wildman–Crippen LogP) is 2.57. The van der Waals surface area contributed by atoms with Gasteiger partial charge >= 0.3 is 0 Å². The normalized spacial score (nSPS) is 16.4. The summed E-state index contributed by atoms with van der Waals surface area (Å²) in [5.41, 5.74) is 1.57. The standard InChI is InChI=1S/C13H15NO2/c1-9-4-5-10(15-2)11(12(9)16-3)13(8-14)6-7-13/h4-5H,6-7H2,1-3H3. The molecule has 1 aromatic rings. The number of nitriles is 1. The van der Waals surface area contributed by atoms with Crippen LogP contribution < -0.4 is 9.47 Å². The number of nitrogens with zero attached hydrogens (tertiary/aromatic N) is 1. The number of benzene rings is 1. The van der Waals surface area contributed by atoms with Gasteiger partial charge < -0.3 is 9.47 Å². The molecular formula is C13H15NO2. The lowest BCUT2D eigenvalue weighted by atomic mass is 9.93. The Balaban J connectivity index is 2.65. The van der Waals surface area contributed by atoms with Crippen LogP contribution in [-0.4, -0.2) is 14.2 Å². The van der Waals surface area contributed by atoms with Crippen molar-refractivity contribution >= 4 is 0 Å². The quantitative estimate of drug-likeness (QED) is 0.781. The van der Waals surface area contributed by atoms with Crippen LogP contribution in [0.4, 0.5) is 0 Å². The van der Waals surface area contributed by atoms with Gasteiger partial charge in [-0.1, -0.05) is 6.07 Å². The second kappa shape index (κ2) is 3.71. The second-order valence-corrected chi connectivity index (χ2v) is 4.19. The van der Waals surface area contributed by atoms with Crippen molar-refractivity contribution in [3.05, 3.63) is 23.3 Å². The van der Waals surface area contributed by atoms with Crippen molar-refractivity contribution in [3.63, 3.8) is 0 Å². The van der Waals surface area contributed by atoms with Gasteiger partial charge in [-0.2, -0.15) is 5.26 Å². The number of methoxy groups -OCH3 is 2. The highest BCUT2D eigenvalue weighted by atomic mass is 16.5. The van der Waals surface area contributed by atoms with E-state index in [1.807, 2.05) is 19.1 Å². The Morgan fingerprint density at radius 1 is 1.25 bits per heavy atom. The third-order valence-electron chi connectivity index (χ3n) is 3.18. The van der Waals surface area contributed by atoms with E-state index < -0.39 is 0 Å². The highest BCUT2D eigenvalue weighted by Gasteiger charge is 2.49. The van der Waals surface area contributed by atoms with Gasteiger partial charge in [0.05, 0.1) is 31.3 Å². The van der Waals surface area contributed by atoms with Gasteiger partial charge in [0.1, 0.15) is 11.5 Å². The van der Waals surface area contributed by atoms with Crippen LogP contribution in [0, 0.1) is 18.3 Å². The van der Waals surface area contributed by atoms with E-state index in [2.05, 4.69) is 6.07 Å². The molecule has 0 atom stereocenters. The van der Waals surface area contributed by atoms with Gasteiger partial charge in [0.25, 0.3) is 0 Å². The summed E-state index contributed by atoms with van der Waals surface area (Å²) in [4.78, 5) is 0. The fraction of sp³-hybridized carbons (Fsp3) is 0.462. The molecule has 84 valence electrons. The molecule has 0 amide bonds. The molecule has 3 heteroatoms. The van der Waals surface area contributed by atoms with Crippen LogP contribution in [0.2, 0.25) is 0 Å². The highest BCUT2D eigenvalue weighted by Crippen LogP contribution is 2.54. The van der Waals surface area contributed by atoms with E-state index in [1.54, 1.807) is 14.2 Å². The topological polar surface area (TPSA) is 42.2 Å². The molecule has 1 fully saturated rings. The molecule has 0 aromatic heterocycles. The summed E-state index contributed by atoms with van der Waals surface area (Å²) >= 11 is 0. The van der Waals surface area contributed by atoms with Crippen molar-refractivity contribution in [3.8, 4) is 17.6 Å². The molecule has 3 nitrogen and oxygen atoms in total. The highest BCUT2D eigenvalue weighted by molar-refractivity contribution is 5.58. The lowest BCUT2D eigenvalue weighted by molar-refractivity contribution is 0.379. The minimum absolute atomic E-state index is 0.386. The first kappa shape index (κ1) is 10.8. The molecule has 0 spiro atoms. The van der Waals surface area contributed by atoms with E-state index in [1.165, 1.54) is 0 Å². The first-order valence-electron chi connectivity index (χ1n) is 5.32. The van der Waals surface area contributed by atoms with E-state index in [0.717, 1.165) is 35.5 Å². The molecule has 2 rings (SSSR count). The SMILES string of the molecule is COc1ccc(C)c(OC)c1C1(C#N)CC1. The average molecular weight is 217 g/mol. The molecule has 0 unspecified atom stereocenters. The summed E-state index contributed by atoms with van der Waals surface area (Å²) in [6.45, 7) is 1.98. The third-order valence-corrected chi connectivity index (χ3v) is 3.18. The predicted molar refractivity (Wildman–Crippen MR) is 60.8 cm³/mol. The van der Waals surface area contributed by atoms with Gasteiger partial charge in [0.15, 0.2) is 0 Å². The first-order chi connectivity index (χ1) is 7.68. The number of hydrogen-bond donors (Lipinski definition) is 0. The Bertz CT molecular complexity index is 456. The summed E-state index contributed by atoms with van der Waals surface area (Å²) in [5.74, 6) is 1.54. The molecule has 1 aliphatic rings. The monoisotopic (exact) mass is 217 g/mol. The van der Waals surface area contributed by atoms with Crippen LogP contribution >= 0.6 is 0 Å². The minimum atomic E-state index is -0.386. The molecular weight excluding hydrogens is 202 g/mol.